The van der Waals surface area contributed by atoms with Crippen LogP contribution in [-0.2, 0) is 0 Å². The summed E-state index contributed by atoms with van der Waals surface area (Å²) in [6.45, 7) is 8.73. The number of anilines is 15. The summed E-state index contributed by atoms with van der Waals surface area (Å²) in [5, 5.41) is 2.43. The monoisotopic (exact) mass is 1230 g/mol. The lowest BCUT2D eigenvalue weighted by molar-refractivity contribution is 1.18. The molecule has 4 aliphatic heterocycles. The topological polar surface area (TPSA) is 21.1 Å². The number of hydrogen-bond donors (Lipinski definition) is 0. The quantitative estimate of drug-likeness (QED) is 0.134. The molecule has 0 bridgehead atoms. The minimum Gasteiger partial charge on any atom is -0.311 e. The van der Waals surface area contributed by atoms with Gasteiger partial charge in [-0.25, -0.2) is 0 Å². The number of para-hydroxylation sites is 4. The molecule has 1 aromatic heterocycles. The second-order valence-corrected chi connectivity index (χ2v) is 26.4. The highest BCUT2D eigenvalue weighted by molar-refractivity contribution is 7.01. The lowest BCUT2D eigenvalue weighted by atomic mass is 9.33. The second kappa shape index (κ2) is 21.8. The summed E-state index contributed by atoms with van der Waals surface area (Å²) in [5.74, 6) is 0. The second-order valence-electron chi connectivity index (χ2n) is 26.4. The standard InChI is InChI=1S/C88H64B2N6/c1-57-34-41-67(42-35-57)92-77-48-38-59(3)50-74(77)89-73-47-45-70(91(63-21-9-5-10-22-63)64-23-11-6-12-24-64)54-85(73)96(82-33-19-30-79(92)87(82)89)69-29-17-20-61(52-69)62-40-46-71-72-55-76-86(56-84(72)95(83(71)53-62)66-27-15-8-16-28-66)94(65-25-13-7-14-26-65)81-32-18-31-80-88(81)90(76)75-51-60(4)39-49-78(75)93(80)68-43-36-58(2)37-44-68/h5-56H,1-4H3. The van der Waals surface area contributed by atoms with E-state index in [1.807, 2.05) is 0 Å². The number of aromatic nitrogens is 1. The average molecular weight is 1230 g/mol. The van der Waals surface area contributed by atoms with Crippen molar-refractivity contribution in [1.82, 2.24) is 4.57 Å². The van der Waals surface area contributed by atoms with Crippen LogP contribution >= 0.6 is 0 Å². The molecule has 452 valence electrons. The summed E-state index contributed by atoms with van der Waals surface area (Å²) in [5.41, 5.74) is 35.7. The van der Waals surface area contributed by atoms with Gasteiger partial charge in [0.05, 0.1) is 11.0 Å². The van der Waals surface area contributed by atoms with Crippen molar-refractivity contribution in [3.05, 3.63) is 338 Å². The SMILES string of the molecule is Cc1ccc(N2c3ccc(C)cc3B3c4ccc(N(c5ccccc5)c5ccccc5)cc4N(c4cccc(-c5ccc6c7cc8c(cc7n(-c7ccccc7)c6c5)N(c5ccccc5)c5cccc6c5B8c5cc(C)ccc5N6c5ccc(C)cc5)c4)c4cccc2c43)cc1. The van der Waals surface area contributed by atoms with Crippen LogP contribution in [0.2, 0.25) is 0 Å². The Labute approximate surface area is 561 Å². The molecule has 0 saturated heterocycles. The molecule has 96 heavy (non-hydrogen) atoms. The Kier molecular flexibility index (Phi) is 12.6. The first-order chi connectivity index (χ1) is 47.3. The summed E-state index contributed by atoms with van der Waals surface area (Å²) < 4.78 is 2.51. The van der Waals surface area contributed by atoms with Gasteiger partial charge < -0.3 is 29.1 Å². The first-order valence-corrected chi connectivity index (χ1v) is 33.5. The van der Waals surface area contributed by atoms with Crippen LogP contribution in [0.3, 0.4) is 0 Å². The number of fused-ring (bicyclic) bond motifs is 11. The molecule has 0 radical (unpaired) electrons. The molecular weight excluding hydrogens is 1160 g/mol. The lowest BCUT2D eigenvalue weighted by Crippen LogP contribution is -2.61. The highest BCUT2D eigenvalue weighted by Crippen LogP contribution is 2.50. The first-order valence-electron chi connectivity index (χ1n) is 33.5. The van der Waals surface area contributed by atoms with E-state index in [0.717, 1.165) is 79.0 Å². The molecule has 0 saturated carbocycles. The van der Waals surface area contributed by atoms with Crippen LogP contribution in [0.5, 0.6) is 0 Å². The van der Waals surface area contributed by atoms with Gasteiger partial charge in [-0.1, -0.05) is 192 Å². The minimum absolute atomic E-state index is 0.0323. The van der Waals surface area contributed by atoms with Crippen molar-refractivity contribution in [2.75, 3.05) is 24.5 Å². The summed E-state index contributed by atoms with van der Waals surface area (Å²) >= 11 is 0. The van der Waals surface area contributed by atoms with Crippen LogP contribution in [0.25, 0.3) is 38.6 Å². The van der Waals surface area contributed by atoms with Gasteiger partial charge in [-0.2, -0.15) is 0 Å². The predicted octanol–water partition coefficient (Wildman–Crippen LogP) is 19.3. The van der Waals surface area contributed by atoms with Gasteiger partial charge in [-0.05, 0) is 217 Å². The summed E-state index contributed by atoms with van der Waals surface area (Å²) in [6, 6.07) is 118. The molecule has 15 aromatic rings. The third-order valence-corrected chi connectivity index (χ3v) is 20.5. The van der Waals surface area contributed by atoms with Crippen LogP contribution < -0.4 is 57.3 Å². The van der Waals surface area contributed by atoms with E-state index in [-0.39, 0.29) is 13.4 Å². The van der Waals surface area contributed by atoms with Crippen LogP contribution in [0.4, 0.5) is 85.3 Å². The van der Waals surface area contributed by atoms with Gasteiger partial charge in [-0.3, -0.25) is 0 Å². The maximum atomic E-state index is 2.55. The molecule has 8 heteroatoms. The molecule has 6 nitrogen and oxygen atoms in total. The Morgan fingerprint density at radius 3 is 1.23 bits per heavy atom. The van der Waals surface area contributed by atoms with Gasteiger partial charge in [0, 0.05) is 102 Å². The molecule has 4 aliphatic rings. The summed E-state index contributed by atoms with van der Waals surface area (Å²) in [7, 11) is 0. The molecule has 0 N–H and O–H groups in total. The first kappa shape index (κ1) is 55.6. The molecule has 5 heterocycles. The number of benzene rings is 14. The zero-order chi connectivity index (χ0) is 63.9. The van der Waals surface area contributed by atoms with E-state index in [1.54, 1.807) is 0 Å². The number of rotatable bonds is 9. The number of aryl methyl sites for hydroxylation is 4. The van der Waals surface area contributed by atoms with Crippen LogP contribution in [-0.4, -0.2) is 18.0 Å². The summed E-state index contributed by atoms with van der Waals surface area (Å²) in [6.07, 6.45) is 0. The maximum absolute atomic E-state index is 2.55. The van der Waals surface area contributed by atoms with Crippen molar-refractivity contribution >= 4 is 153 Å². The van der Waals surface area contributed by atoms with E-state index in [9.17, 15) is 0 Å². The van der Waals surface area contributed by atoms with Gasteiger partial charge in [0.2, 0.25) is 0 Å². The van der Waals surface area contributed by atoms with Gasteiger partial charge in [0.1, 0.15) is 0 Å². The lowest BCUT2D eigenvalue weighted by Gasteiger charge is -2.44. The Bertz CT molecular complexity index is 5580. The Morgan fingerprint density at radius 2 is 0.667 bits per heavy atom. The van der Waals surface area contributed by atoms with Gasteiger partial charge >= 0.3 is 0 Å². The average Bonchev–Trinajstić information content (AvgIpc) is 0.934. The van der Waals surface area contributed by atoms with E-state index in [2.05, 4.69) is 372 Å². The maximum Gasteiger partial charge on any atom is 0.252 e. The smallest absolute Gasteiger partial charge is 0.252 e. The summed E-state index contributed by atoms with van der Waals surface area (Å²) in [4.78, 5) is 12.4. The highest BCUT2D eigenvalue weighted by Gasteiger charge is 2.46. The molecule has 0 aliphatic carbocycles. The van der Waals surface area contributed by atoms with E-state index < -0.39 is 0 Å². The Balaban J connectivity index is 0.817. The van der Waals surface area contributed by atoms with Crippen molar-refractivity contribution in [1.29, 1.82) is 0 Å². The minimum atomic E-state index is -0.0347. The third kappa shape index (κ3) is 8.61. The zero-order valence-corrected chi connectivity index (χ0v) is 53.9. The van der Waals surface area contributed by atoms with Crippen molar-refractivity contribution < 1.29 is 0 Å². The van der Waals surface area contributed by atoms with Crippen molar-refractivity contribution in [2.24, 2.45) is 0 Å². The van der Waals surface area contributed by atoms with Crippen LogP contribution in [0, 0.1) is 27.7 Å². The van der Waals surface area contributed by atoms with Gasteiger partial charge in [0.25, 0.3) is 13.4 Å². The number of hydrogen-bond acceptors (Lipinski definition) is 5. The molecule has 0 unspecified atom stereocenters. The largest absolute Gasteiger partial charge is 0.311 e. The molecule has 0 atom stereocenters. The Morgan fingerprint density at radius 1 is 0.240 bits per heavy atom. The van der Waals surface area contributed by atoms with E-state index in [1.165, 1.54) is 99.9 Å². The van der Waals surface area contributed by atoms with Gasteiger partial charge in [0.15, 0.2) is 0 Å². The zero-order valence-electron chi connectivity index (χ0n) is 53.9. The van der Waals surface area contributed by atoms with Gasteiger partial charge in [-0.15, -0.1) is 0 Å². The fourth-order valence-electron chi connectivity index (χ4n) is 16.3. The molecule has 19 rings (SSSR count). The fourth-order valence-corrected chi connectivity index (χ4v) is 16.3. The molecular formula is C88H64B2N6. The van der Waals surface area contributed by atoms with E-state index in [4.69, 9.17) is 0 Å². The van der Waals surface area contributed by atoms with Crippen LogP contribution in [0.1, 0.15) is 22.3 Å². The predicted molar refractivity (Wildman–Crippen MR) is 408 cm³/mol. The molecule has 0 spiro atoms. The van der Waals surface area contributed by atoms with Crippen molar-refractivity contribution in [3.63, 3.8) is 0 Å². The normalized spacial score (nSPS) is 13.1. The fraction of sp³-hybridized carbons (Fsp3) is 0.0455. The molecule has 14 aromatic carbocycles. The van der Waals surface area contributed by atoms with E-state index in [0.29, 0.717) is 0 Å². The van der Waals surface area contributed by atoms with Crippen molar-refractivity contribution in [3.8, 4) is 16.8 Å². The third-order valence-electron chi connectivity index (χ3n) is 20.5. The molecule has 0 amide bonds. The van der Waals surface area contributed by atoms with Crippen LogP contribution in [0.15, 0.2) is 315 Å². The van der Waals surface area contributed by atoms with E-state index >= 15 is 0 Å². The highest BCUT2D eigenvalue weighted by atomic mass is 15.2. The number of nitrogens with zero attached hydrogens (tertiary/aromatic N) is 6. The molecule has 0 fully saturated rings. The Hall–Kier alpha value is -12.0. The van der Waals surface area contributed by atoms with Crippen molar-refractivity contribution in [2.45, 2.75) is 27.7 Å².